The number of halogens is 1. The molecule has 0 radical (unpaired) electrons. The molecule has 0 saturated carbocycles. The molecular formula is C21H36IN5O2S. The average Bonchev–Trinajstić information content (AvgIpc) is 3.08. The molecule has 2 fully saturated rings. The number of aryl methyl sites for hydroxylation is 2. The van der Waals surface area contributed by atoms with Crippen LogP contribution in [-0.2, 0) is 11.2 Å². The van der Waals surface area contributed by atoms with Gasteiger partial charge in [-0.2, -0.15) is 0 Å². The number of guanidine groups is 1. The maximum Gasteiger partial charge on any atom is 0.410 e. The number of ether oxygens (including phenoxy) is 1. The molecule has 1 aromatic rings. The molecule has 2 unspecified atom stereocenters. The fourth-order valence-electron chi connectivity index (χ4n) is 4.40. The van der Waals surface area contributed by atoms with E-state index in [0.29, 0.717) is 6.04 Å². The zero-order valence-electron chi connectivity index (χ0n) is 18.9. The minimum absolute atomic E-state index is 0. The molecule has 3 rings (SSSR count). The molecule has 170 valence electrons. The number of carbonyl (C=O) groups excluding carboxylic acids is 1. The van der Waals surface area contributed by atoms with Crippen LogP contribution in [0.2, 0.25) is 0 Å². The summed E-state index contributed by atoms with van der Waals surface area (Å²) < 4.78 is 5.63. The number of piperidine rings is 1. The van der Waals surface area contributed by atoms with Gasteiger partial charge >= 0.3 is 6.09 Å². The van der Waals surface area contributed by atoms with Crippen molar-refractivity contribution in [3.63, 3.8) is 0 Å². The lowest BCUT2D eigenvalue weighted by molar-refractivity contribution is 0.00545. The molecule has 2 bridgehead atoms. The van der Waals surface area contributed by atoms with Crippen LogP contribution in [0.3, 0.4) is 0 Å². The van der Waals surface area contributed by atoms with Crippen molar-refractivity contribution in [1.29, 1.82) is 0 Å². The molecule has 1 amide bonds. The van der Waals surface area contributed by atoms with Gasteiger partial charge in [0.05, 0.1) is 10.7 Å². The van der Waals surface area contributed by atoms with E-state index in [1.54, 1.807) is 11.3 Å². The number of thiazole rings is 1. The Morgan fingerprint density at radius 1 is 1.27 bits per heavy atom. The molecule has 7 nitrogen and oxygen atoms in total. The second-order valence-electron chi connectivity index (χ2n) is 9.08. The van der Waals surface area contributed by atoms with Gasteiger partial charge in [-0.3, -0.25) is 4.99 Å². The summed E-state index contributed by atoms with van der Waals surface area (Å²) in [5.74, 6) is 0.832. The van der Waals surface area contributed by atoms with Crippen LogP contribution in [0.5, 0.6) is 0 Å². The Hall–Kier alpha value is -1.10. The maximum absolute atomic E-state index is 12.6. The van der Waals surface area contributed by atoms with E-state index in [9.17, 15) is 4.79 Å². The van der Waals surface area contributed by atoms with Gasteiger partial charge in [0.1, 0.15) is 5.60 Å². The predicted octanol–water partition coefficient (Wildman–Crippen LogP) is 4.02. The van der Waals surface area contributed by atoms with Crippen LogP contribution in [0, 0.1) is 13.8 Å². The number of hydrogen-bond acceptors (Lipinski definition) is 5. The van der Waals surface area contributed by atoms with Crippen molar-refractivity contribution in [1.82, 2.24) is 20.5 Å². The Morgan fingerprint density at radius 3 is 2.40 bits per heavy atom. The van der Waals surface area contributed by atoms with Crippen molar-refractivity contribution in [3.05, 3.63) is 15.6 Å². The first-order valence-electron chi connectivity index (χ1n) is 10.6. The number of fused-ring (bicyclic) bond motifs is 2. The van der Waals surface area contributed by atoms with Crippen LogP contribution in [0.1, 0.15) is 62.0 Å². The molecule has 2 aliphatic rings. The summed E-state index contributed by atoms with van der Waals surface area (Å²) in [6, 6.07) is 0.828. The number of aromatic nitrogens is 1. The Morgan fingerprint density at radius 2 is 1.90 bits per heavy atom. The van der Waals surface area contributed by atoms with Crippen molar-refractivity contribution in [3.8, 4) is 0 Å². The van der Waals surface area contributed by atoms with E-state index in [1.165, 1.54) is 4.88 Å². The number of nitrogens with one attached hydrogen (secondary N) is 2. The summed E-state index contributed by atoms with van der Waals surface area (Å²) >= 11 is 1.76. The third kappa shape index (κ3) is 6.45. The summed E-state index contributed by atoms with van der Waals surface area (Å²) in [7, 11) is 1.81. The fraction of sp³-hybridized carbons (Fsp3) is 0.762. The molecule has 2 atom stereocenters. The smallest absolute Gasteiger partial charge is 0.410 e. The van der Waals surface area contributed by atoms with Crippen molar-refractivity contribution < 1.29 is 9.53 Å². The molecule has 2 N–H and O–H groups in total. The first-order chi connectivity index (χ1) is 13.7. The van der Waals surface area contributed by atoms with Crippen LogP contribution in [0.25, 0.3) is 0 Å². The Balaban J connectivity index is 0.00000320. The molecule has 0 aromatic carbocycles. The molecule has 2 aliphatic heterocycles. The third-order valence-electron chi connectivity index (χ3n) is 5.55. The monoisotopic (exact) mass is 549 g/mol. The summed E-state index contributed by atoms with van der Waals surface area (Å²) in [6.07, 6.45) is 4.75. The molecule has 9 heteroatoms. The molecule has 3 heterocycles. The lowest BCUT2D eigenvalue weighted by Crippen LogP contribution is -2.55. The van der Waals surface area contributed by atoms with Gasteiger partial charge in [0.25, 0.3) is 0 Å². The maximum atomic E-state index is 12.6. The number of carbonyl (C=O) groups is 1. The zero-order valence-corrected chi connectivity index (χ0v) is 22.1. The van der Waals surface area contributed by atoms with Crippen molar-refractivity contribution in [2.24, 2.45) is 4.99 Å². The predicted molar refractivity (Wildman–Crippen MR) is 133 cm³/mol. The van der Waals surface area contributed by atoms with Crippen LogP contribution in [-0.4, -0.2) is 59.3 Å². The van der Waals surface area contributed by atoms with E-state index in [4.69, 9.17) is 4.74 Å². The summed E-state index contributed by atoms with van der Waals surface area (Å²) in [5, 5.41) is 8.12. The highest BCUT2D eigenvalue weighted by molar-refractivity contribution is 14.0. The standard InChI is InChI=1S/C21H35N5O2S.HI/c1-13-18(29-14(2)24-13)9-10-23-19(22-6)25-15-11-16-7-8-17(12-15)26(16)20(27)28-21(3,4)5;/h15-17H,7-12H2,1-6H3,(H2,22,23,25);1H. The van der Waals surface area contributed by atoms with Crippen LogP contribution >= 0.6 is 35.3 Å². The Kier molecular flexibility index (Phi) is 8.79. The average molecular weight is 550 g/mol. The van der Waals surface area contributed by atoms with Gasteiger partial charge in [0, 0.05) is 43.0 Å². The van der Waals surface area contributed by atoms with E-state index in [1.807, 2.05) is 39.6 Å². The van der Waals surface area contributed by atoms with E-state index >= 15 is 0 Å². The molecular weight excluding hydrogens is 513 g/mol. The minimum Gasteiger partial charge on any atom is -0.444 e. The first kappa shape index (κ1) is 25.2. The molecule has 1 aromatic heterocycles. The van der Waals surface area contributed by atoms with Gasteiger partial charge in [-0.25, -0.2) is 9.78 Å². The quantitative estimate of drug-likeness (QED) is 0.337. The number of hydrogen-bond donors (Lipinski definition) is 2. The highest BCUT2D eigenvalue weighted by atomic mass is 127. The van der Waals surface area contributed by atoms with Gasteiger partial charge in [-0.05, 0) is 60.3 Å². The lowest BCUT2D eigenvalue weighted by atomic mass is 9.98. The number of nitrogens with zero attached hydrogens (tertiary/aromatic N) is 3. The molecule has 0 spiro atoms. The molecule has 30 heavy (non-hydrogen) atoms. The van der Waals surface area contributed by atoms with E-state index < -0.39 is 5.60 Å². The number of rotatable bonds is 4. The fourth-order valence-corrected chi connectivity index (χ4v) is 5.33. The molecule has 0 aliphatic carbocycles. The lowest BCUT2D eigenvalue weighted by Gasteiger charge is -2.40. The largest absolute Gasteiger partial charge is 0.444 e. The van der Waals surface area contributed by atoms with Crippen LogP contribution in [0.4, 0.5) is 4.79 Å². The van der Waals surface area contributed by atoms with Crippen molar-refractivity contribution in [2.75, 3.05) is 13.6 Å². The second kappa shape index (κ2) is 10.5. The summed E-state index contributed by atoms with van der Waals surface area (Å²) in [5.41, 5.74) is 0.676. The Labute approximate surface area is 201 Å². The molecule has 2 saturated heterocycles. The first-order valence-corrected chi connectivity index (χ1v) is 11.4. The van der Waals surface area contributed by atoms with Crippen LogP contribution in [0.15, 0.2) is 4.99 Å². The van der Waals surface area contributed by atoms with Gasteiger partial charge in [0.2, 0.25) is 0 Å². The third-order valence-corrected chi connectivity index (χ3v) is 6.68. The van der Waals surface area contributed by atoms with Gasteiger partial charge in [0.15, 0.2) is 5.96 Å². The highest BCUT2D eigenvalue weighted by Crippen LogP contribution is 2.36. The van der Waals surface area contributed by atoms with E-state index in [-0.39, 0.29) is 42.2 Å². The SMILES string of the molecule is CN=C(NCCc1sc(C)nc1C)NC1CC2CCC(C1)N2C(=O)OC(C)(C)C.I. The topological polar surface area (TPSA) is 78.9 Å². The summed E-state index contributed by atoms with van der Waals surface area (Å²) in [4.78, 5) is 24.8. The van der Waals surface area contributed by atoms with Crippen molar-refractivity contribution in [2.45, 2.75) is 90.4 Å². The number of amides is 1. The highest BCUT2D eigenvalue weighted by Gasteiger charge is 2.45. The van der Waals surface area contributed by atoms with Gasteiger partial charge in [-0.1, -0.05) is 0 Å². The number of aliphatic imine (C=N–C) groups is 1. The van der Waals surface area contributed by atoms with Crippen LogP contribution < -0.4 is 10.6 Å². The summed E-state index contributed by atoms with van der Waals surface area (Å²) in [6.45, 7) is 10.7. The van der Waals surface area contributed by atoms with E-state index in [0.717, 1.165) is 55.3 Å². The van der Waals surface area contributed by atoms with Gasteiger partial charge in [-0.15, -0.1) is 35.3 Å². The normalized spacial score (nSPS) is 23.7. The van der Waals surface area contributed by atoms with Crippen molar-refractivity contribution >= 4 is 47.4 Å². The zero-order chi connectivity index (χ0) is 21.2. The van der Waals surface area contributed by atoms with Gasteiger partial charge < -0.3 is 20.3 Å². The Bertz CT molecular complexity index is 747. The minimum atomic E-state index is -0.452. The van der Waals surface area contributed by atoms with E-state index in [2.05, 4.69) is 27.5 Å². The second-order valence-corrected chi connectivity index (χ2v) is 10.4.